The minimum Gasteiger partial charge on any atom is -0.481 e. The normalized spacial score (nSPS) is 12.5. The minimum absolute atomic E-state index is 0.0165. The molecule has 1 aromatic carbocycles. The maximum atomic E-state index is 12.4. The van der Waals surface area contributed by atoms with Gasteiger partial charge >= 0.3 is 5.97 Å². The molecular formula is C20H24N2O4. The quantitative estimate of drug-likeness (QED) is 0.690. The van der Waals surface area contributed by atoms with Crippen LogP contribution >= 0.6 is 0 Å². The summed E-state index contributed by atoms with van der Waals surface area (Å²) in [6.45, 7) is 7.69. The van der Waals surface area contributed by atoms with Gasteiger partial charge in [-0.05, 0) is 29.5 Å². The maximum Gasteiger partial charge on any atom is 0.305 e. The lowest BCUT2D eigenvalue weighted by Gasteiger charge is -2.21. The molecule has 1 amide bonds. The first kappa shape index (κ1) is 19.4. The Morgan fingerprint density at radius 3 is 2.23 bits per heavy atom. The van der Waals surface area contributed by atoms with Crippen molar-refractivity contribution in [2.45, 2.75) is 45.6 Å². The van der Waals surface area contributed by atoms with Gasteiger partial charge in [-0.3, -0.25) is 14.4 Å². The third kappa shape index (κ3) is 4.81. The van der Waals surface area contributed by atoms with Crippen molar-refractivity contribution in [2.75, 3.05) is 0 Å². The molecule has 26 heavy (non-hydrogen) atoms. The summed E-state index contributed by atoms with van der Waals surface area (Å²) in [5.41, 5.74) is 2.44. The monoisotopic (exact) mass is 356 g/mol. The fraction of sp³-hybridized carbons (Fsp3) is 0.350. The Labute approximate surface area is 152 Å². The van der Waals surface area contributed by atoms with Crippen molar-refractivity contribution in [2.24, 2.45) is 0 Å². The van der Waals surface area contributed by atoms with Gasteiger partial charge in [0.25, 0.3) is 5.91 Å². The van der Waals surface area contributed by atoms with Crippen LogP contribution in [0.5, 0.6) is 0 Å². The summed E-state index contributed by atoms with van der Waals surface area (Å²) >= 11 is 0. The average Bonchev–Trinajstić information content (AvgIpc) is 3.03. The number of aromatic amines is 1. The number of H-pyrrole nitrogens is 1. The molecule has 6 nitrogen and oxygen atoms in total. The first-order chi connectivity index (χ1) is 12.1. The van der Waals surface area contributed by atoms with Crippen molar-refractivity contribution in [1.29, 1.82) is 0 Å². The van der Waals surface area contributed by atoms with Crippen molar-refractivity contribution in [1.82, 2.24) is 10.3 Å². The van der Waals surface area contributed by atoms with Crippen LogP contribution in [0.2, 0.25) is 0 Å². The van der Waals surface area contributed by atoms with Gasteiger partial charge < -0.3 is 15.4 Å². The summed E-state index contributed by atoms with van der Waals surface area (Å²) in [6, 6.07) is 8.35. The zero-order valence-corrected chi connectivity index (χ0v) is 15.4. The van der Waals surface area contributed by atoms with Gasteiger partial charge in [-0.2, -0.15) is 0 Å². The number of aromatic nitrogens is 1. The van der Waals surface area contributed by atoms with Crippen LogP contribution in [-0.4, -0.2) is 27.8 Å². The number of ketones is 1. The predicted molar refractivity (Wildman–Crippen MR) is 98.4 cm³/mol. The van der Waals surface area contributed by atoms with E-state index in [1.54, 1.807) is 0 Å². The van der Waals surface area contributed by atoms with Crippen molar-refractivity contribution in [3.05, 3.63) is 58.9 Å². The molecule has 0 fully saturated rings. The van der Waals surface area contributed by atoms with Crippen molar-refractivity contribution >= 4 is 17.7 Å². The molecule has 2 aromatic rings. The third-order valence-electron chi connectivity index (χ3n) is 4.20. The molecule has 1 unspecified atom stereocenters. The molecule has 0 aliphatic carbocycles. The molecule has 0 radical (unpaired) electrons. The SMILES string of the molecule is CC(=O)c1c[nH]c(C(=O)NC(CC(=O)O)c2ccc(C(C)(C)C)cc2)c1. The van der Waals surface area contributed by atoms with E-state index in [1.807, 2.05) is 24.3 Å². The van der Waals surface area contributed by atoms with Crippen LogP contribution in [-0.2, 0) is 10.2 Å². The second kappa shape index (κ2) is 7.56. The molecule has 138 valence electrons. The Balaban J connectivity index is 2.22. The number of amides is 1. The Morgan fingerprint density at radius 2 is 1.77 bits per heavy atom. The van der Waals surface area contributed by atoms with E-state index in [1.165, 1.54) is 19.2 Å². The average molecular weight is 356 g/mol. The molecule has 0 saturated carbocycles. The Hall–Kier alpha value is -2.89. The van der Waals surface area contributed by atoms with E-state index in [0.717, 1.165) is 5.56 Å². The summed E-state index contributed by atoms with van der Waals surface area (Å²) < 4.78 is 0. The van der Waals surface area contributed by atoms with Crippen molar-refractivity contribution < 1.29 is 19.5 Å². The molecule has 1 aromatic heterocycles. The first-order valence-electron chi connectivity index (χ1n) is 8.40. The highest BCUT2D eigenvalue weighted by molar-refractivity contribution is 5.99. The number of carbonyl (C=O) groups excluding carboxylic acids is 2. The first-order valence-corrected chi connectivity index (χ1v) is 8.40. The molecule has 1 heterocycles. The molecule has 0 spiro atoms. The number of carboxylic acid groups (broad SMARTS) is 1. The van der Waals surface area contributed by atoms with E-state index in [0.29, 0.717) is 11.1 Å². The molecular weight excluding hydrogens is 332 g/mol. The van der Waals surface area contributed by atoms with E-state index in [4.69, 9.17) is 0 Å². The minimum atomic E-state index is -1.01. The zero-order chi connectivity index (χ0) is 19.5. The van der Waals surface area contributed by atoms with E-state index in [-0.39, 0.29) is 23.3 Å². The molecule has 3 N–H and O–H groups in total. The maximum absolute atomic E-state index is 12.4. The molecule has 6 heteroatoms. The van der Waals surface area contributed by atoms with Gasteiger partial charge in [0.05, 0.1) is 12.5 Å². The van der Waals surface area contributed by atoms with Gasteiger partial charge in [0, 0.05) is 11.8 Å². The fourth-order valence-electron chi connectivity index (χ4n) is 2.61. The second-order valence-electron chi connectivity index (χ2n) is 7.35. The number of nitrogens with one attached hydrogen (secondary N) is 2. The molecule has 0 aliphatic heterocycles. The van der Waals surface area contributed by atoms with Crippen LogP contribution < -0.4 is 5.32 Å². The van der Waals surface area contributed by atoms with Crippen LogP contribution in [0.3, 0.4) is 0 Å². The van der Waals surface area contributed by atoms with Gasteiger partial charge in [0.2, 0.25) is 0 Å². The highest BCUT2D eigenvalue weighted by Crippen LogP contribution is 2.25. The topological polar surface area (TPSA) is 99.3 Å². The van der Waals surface area contributed by atoms with Crippen molar-refractivity contribution in [3.8, 4) is 0 Å². The van der Waals surface area contributed by atoms with E-state index >= 15 is 0 Å². The van der Waals surface area contributed by atoms with Gasteiger partial charge in [-0.1, -0.05) is 45.0 Å². The van der Waals surface area contributed by atoms with Crippen LogP contribution in [0.4, 0.5) is 0 Å². The number of aliphatic carboxylic acids is 1. The summed E-state index contributed by atoms with van der Waals surface area (Å²) in [7, 11) is 0. The van der Waals surface area contributed by atoms with Gasteiger partial charge in [-0.15, -0.1) is 0 Å². The predicted octanol–water partition coefficient (Wildman–Crippen LogP) is 3.46. The van der Waals surface area contributed by atoms with E-state index in [2.05, 4.69) is 31.1 Å². The van der Waals surface area contributed by atoms with Crippen LogP contribution in [0.15, 0.2) is 36.5 Å². The number of hydrogen-bond donors (Lipinski definition) is 3. The van der Waals surface area contributed by atoms with Gasteiger partial charge in [0.15, 0.2) is 5.78 Å². The molecule has 0 aliphatic rings. The highest BCUT2D eigenvalue weighted by Gasteiger charge is 2.21. The Morgan fingerprint density at radius 1 is 1.15 bits per heavy atom. The number of Topliss-reactive ketones (excluding diaryl/α,β-unsaturated/α-hetero) is 1. The Bertz CT molecular complexity index is 813. The van der Waals surface area contributed by atoms with E-state index in [9.17, 15) is 19.5 Å². The molecule has 0 saturated heterocycles. The fourth-order valence-corrected chi connectivity index (χ4v) is 2.61. The highest BCUT2D eigenvalue weighted by atomic mass is 16.4. The standard InChI is InChI=1S/C20H24N2O4/c1-12(23)14-9-17(21-11-14)19(26)22-16(10-18(24)25)13-5-7-15(8-6-13)20(2,3)4/h5-9,11,16,21H,10H2,1-4H3,(H,22,26)(H,24,25). The van der Waals surface area contributed by atoms with Crippen molar-refractivity contribution in [3.63, 3.8) is 0 Å². The lowest BCUT2D eigenvalue weighted by atomic mass is 9.86. The smallest absolute Gasteiger partial charge is 0.305 e. The van der Waals surface area contributed by atoms with Crippen LogP contribution in [0, 0.1) is 0 Å². The number of carbonyl (C=O) groups is 3. The largest absolute Gasteiger partial charge is 0.481 e. The lowest BCUT2D eigenvalue weighted by molar-refractivity contribution is -0.137. The van der Waals surface area contributed by atoms with Crippen LogP contribution in [0.1, 0.15) is 72.1 Å². The third-order valence-corrected chi connectivity index (χ3v) is 4.20. The summed E-state index contributed by atoms with van der Waals surface area (Å²) in [6.07, 6.45) is 1.22. The Kier molecular flexibility index (Phi) is 5.65. The molecule has 0 bridgehead atoms. The molecule has 1 atom stereocenters. The lowest BCUT2D eigenvalue weighted by Crippen LogP contribution is -2.30. The summed E-state index contributed by atoms with van der Waals surface area (Å²) in [4.78, 5) is 37.7. The molecule has 2 rings (SSSR count). The summed E-state index contributed by atoms with van der Waals surface area (Å²) in [5, 5.41) is 11.9. The zero-order valence-electron chi connectivity index (χ0n) is 15.4. The number of benzene rings is 1. The van der Waals surface area contributed by atoms with Gasteiger partial charge in [-0.25, -0.2) is 0 Å². The second-order valence-corrected chi connectivity index (χ2v) is 7.35. The van der Waals surface area contributed by atoms with E-state index < -0.39 is 17.9 Å². The summed E-state index contributed by atoms with van der Waals surface area (Å²) in [5.74, 6) is -1.62. The number of carboxylic acids is 1. The van der Waals surface area contributed by atoms with Gasteiger partial charge in [0.1, 0.15) is 5.69 Å². The number of hydrogen-bond acceptors (Lipinski definition) is 3. The number of rotatable bonds is 6. The van der Waals surface area contributed by atoms with Crippen LogP contribution in [0.25, 0.3) is 0 Å².